The Morgan fingerprint density at radius 2 is 1.96 bits per heavy atom. The summed E-state index contributed by atoms with van der Waals surface area (Å²) in [6.07, 6.45) is 7.17. The highest BCUT2D eigenvalue weighted by Crippen LogP contribution is 2.67. The highest BCUT2D eigenvalue weighted by molar-refractivity contribution is 5.88. The second-order valence-electron chi connectivity index (χ2n) is 10.6. The minimum absolute atomic E-state index is 0.140. The topological polar surface area (TPSA) is 70.9 Å². The fourth-order valence-electron chi connectivity index (χ4n) is 7.37. The van der Waals surface area contributed by atoms with Crippen molar-refractivity contribution in [3.63, 3.8) is 0 Å². The molecule has 4 saturated carbocycles. The molecule has 0 unspecified atom stereocenters. The molecule has 0 amide bonds. The molecule has 5 heteroatoms. The normalized spacial score (nSPS) is 50.0. The van der Waals surface area contributed by atoms with Gasteiger partial charge in [-0.15, -0.1) is 0 Å². The van der Waals surface area contributed by atoms with Crippen molar-refractivity contribution in [3.8, 4) is 0 Å². The first kappa shape index (κ1) is 18.8. The van der Waals surface area contributed by atoms with Crippen molar-refractivity contribution in [2.24, 2.45) is 33.7 Å². The van der Waals surface area contributed by atoms with E-state index in [0.29, 0.717) is 30.0 Å². The third-order valence-electron chi connectivity index (χ3n) is 9.44. The summed E-state index contributed by atoms with van der Waals surface area (Å²) < 4.78 is 0. The first-order valence-corrected chi connectivity index (χ1v) is 11.1. The van der Waals surface area contributed by atoms with Crippen molar-refractivity contribution in [1.82, 2.24) is 5.32 Å². The number of nitrogens with one attached hydrogen (secondary N) is 1. The molecule has 5 aliphatic rings. The Bertz CT molecular complexity index is 744. The Kier molecular flexibility index (Phi) is 4.13. The van der Waals surface area contributed by atoms with Crippen LogP contribution in [0.25, 0.3) is 0 Å². The van der Waals surface area contributed by atoms with E-state index in [1.54, 1.807) is 0 Å². The Morgan fingerprint density at radius 1 is 1.18 bits per heavy atom. The van der Waals surface area contributed by atoms with Crippen LogP contribution in [-0.4, -0.2) is 41.4 Å². The van der Waals surface area contributed by atoms with Gasteiger partial charge in [0.05, 0.1) is 11.3 Å². The summed E-state index contributed by atoms with van der Waals surface area (Å²) in [6.45, 7) is 10.6. The van der Waals surface area contributed by atoms with Crippen molar-refractivity contribution in [2.45, 2.75) is 76.9 Å². The fourth-order valence-corrected chi connectivity index (χ4v) is 7.37. The molecule has 0 aromatic rings. The van der Waals surface area contributed by atoms with E-state index in [4.69, 9.17) is 4.84 Å². The molecule has 5 nitrogen and oxygen atoms in total. The molecule has 1 aliphatic heterocycles. The molecule has 0 spiro atoms. The highest BCUT2D eigenvalue weighted by atomic mass is 16.6. The fraction of sp³-hybridized carbons (Fsp3) is 0.826. The van der Waals surface area contributed by atoms with Crippen molar-refractivity contribution in [3.05, 3.63) is 12.2 Å². The van der Waals surface area contributed by atoms with Gasteiger partial charge < -0.3 is 15.3 Å². The summed E-state index contributed by atoms with van der Waals surface area (Å²) in [7, 11) is 0. The van der Waals surface area contributed by atoms with Gasteiger partial charge in [-0.3, -0.25) is 4.79 Å². The zero-order chi connectivity index (χ0) is 19.7. The maximum Gasteiger partial charge on any atom is 0.152 e. The number of carbonyl (C=O) groups excluding carboxylic acids is 1. The van der Waals surface area contributed by atoms with E-state index >= 15 is 0 Å². The number of fused-ring (bicyclic) bond motifs is 5. The van der Waals surface area contributed by atoms with E-state index in [9.17, 15) is 9.90 Å². The van der Waals surface area contributed by atoms with Gasteiger partial charge in [0.2, 0.25) is 0 Å². The molecule has 28 heavy (non-hydrogen) atoms. The Hall–Kier alpha value is -1.20. The smallest absolute Gasteiger partial charge is 0.152 e. The third-order valence-corrected chi connectivity index (χ3v) is 9.44. The SMILES string of the molecule is C=C1C[C@H]2[C@@H]3CCC(=O)[C@@]3(C)CC[C@@H]2[C@@]2(C)CC/C(=N\OC3CNC3)C[C@]12O. The largest absolute Gasteiger partial charge is 0.390 e. The Morgan fingerprint density at radius 3 is 2.68 bits per heavy atom. The molecule has 0 aromatic heterocycles. The van der Waals surface area contributed by atoms with Crippen LogP contribution in [0.4, 0.5) is 0 Å². The number of hydrogen-bond donors (Lipinski definition) is 2. The number of Topliss-reactive ketones (excluding diaryl/α,β-unsaturated/α-hetero) is 1. The van der Waals surface area contributed by atoms with Crippen LogP contribution in [0.15, 0.2) is 17.3 Å². The number of carbonyl (C=O) groups is 1. The Labute approximate surface area is 168 Å². The van der Waals surface area contributed by atoms with Crippen LogP contribution in [0.3, 0.4) is 0 Å². The van der Waals surface area contributed by atoms with Gasteiger partial charge in [0, 0.05) is 36.8 Å². The summed E-state index contributed by atoms with van der Waals surface area (Å²) in [4.78, 5) is 18.3. The van der Waals surface area contributed by atoms with Crippen LogP contribution in [0.1, 0.15) is 65.2 Å². The second kappa shape index (κ2) is 6.15. The molecular formula is C23H34N2O3. The first-order chi connectivity index (χ1) is 13.3. The van der Waals surface area contributed by atoms with Gasteiger partial charge in [-0.2, -0.15) is 0 Å². The van der Waals surface area contributed by atoms with Gasteiger partial charge in [-0.25, -0.2) is 0 Å². The predicted octanol–water partition coefficient (Wildman–Crippen LogP) is 3.22. The molecule has 154 valence electrons. The van der Waals surface area contributed by atoms with E-state index in [-0.39, 0.29) is 16.9 Å². The quantitative estimate of drug-likeness (QED) is 0.565. The van der Waals surface area contributed by atoms with Gasteiger partial charge in [0.1, 0.15) is 5.78 Å². The zero-order valence-electron chi connectivity index (χ0n) is 17.3. The average molecular weight is 387 g/mol. The monoisotopic (exact) mass is 386 g/mol. The molecule has 2 N–H and O–H groups in total. The van der Waals surface area contributed by atoms with Crippen molar-refractivity contribution in [2.75, 3.05) is 13.1 Å². The standard InChI is InChI=1S/C23H34N2O3/c1-14-10-17-18-4-5-20(26)21(18,2)8-7-19(17)22(3)9-6-15(11-23(14,22)27)25-28-16-12-24-13-16/h16-19,24,27H,1,4-13H2,2-3H3/b25-15+/t17-,18-,19-,21-,22+,23-/m0/s1. The van der Waals surface area contributed by atoms with Gasteiger partial charge in [-0.05, 0) is 61.9 Å². The zero-order valence-corrected chi connectivity index (χ0v) is 17.3. The van der Waals surface area contributed by atoms with Crippen molar-refractivity contribution >= 4 is 11.5 Å². The maximum absolute atomic E-state index is 12.6. The molecular weight excluding hydrogens is 352 g/mol. The van der Waals surface area contributed by atoms with Gasteiger partial charge in [0.15, 0.2) is 6.10 Å². The molecule has 0 bridgehead atoms. The lowest BCUT2D eigenvalue weighted by Crippen LogP contribution is -2.63. The van der Waals surface area contributed by atoms with Crippen molar-refractivity contribution in [1.29, 1.82) is 0 Å². The molecule has 1 heterocycles. The van der Waals surface area contributed by atoms with E-state index in [2.05, 4.69) is 30.9 Å². The highest BCUT2D eigenvalue weighted by Gasteiger charge is 2.65. The number of oxime groups is 1. The maximum atomic E-state index is 12.6. The lowest BCUT2D eigenvalue weighted by atomic mass is 9.43. The average Bonchev–Trinajstić information content (AvgIpc) is 2.92. The summed E-state index contributed by atoms with van der Waals surface area (Å²) in [6, 6.07) is 0. The Balaban J connectivity index is 1.42. The minimum Gasteiger partial charge on any atom is -0.390 e. The summed E-state index contributed by atoms with van der Waals surface area (Å²) in [5.74, 6) is 1.87. The minimum atomic E-state index is -0.900. The van der Waals surface area contributed by atoms with E-state index in [0.717, 1.165) is 69.3 Å². The number of ketones is 1. The predicted molar refractivity (Wildman–Crippen MR) is 108 cm³/mol. The van der Waals surface area contributed by atoms with Gasteiger partial charge in [-0.1, -0.05) is 25.6 Å². The molecule has 1 saturated heterocycles. The van der Waals surface area contributed by atoms with Crippen LogP contribution in [0.2, 0.25) is 0 Å². The lowest BCUT2D eigenvalue weighted by molar-refractivity contribution is -0.161. The summed E-state index contributed by atoms with van der Waals surface area (Å²) in [5.41, 5.74) is 0.708. The summed E-state index contributed by atoms with van der Waals surface area (Å²) in [5, 5.41) is 19.5. The molecule has 0 radical (unpaired) electrons. The van der Waals surface area contributed by atoms with Crippen LogP contribution >= 0.6 is 0 Å². The summed E-state index contributed by atoms with van der Waals surface area (Å²) >= 11 is 0. The molecule has 5 rings (SSSR count). The van der Waals surface area contributed by atoms with Crippen molar-refractivity contribution < 1.29 is 14.7 Å². The molecule has 6 atom stereocenters. The molecule has 4 aliphatic carbocycles. The van der Waals surface area contributed by atoms with E-state index < -0.39 is 5.60 Å². The molecule has 0 aromatic carbocycles. The van der Waals surface area contributed by atoms with Crippen LogP contribution in [-0.2, 0) is 9.63 Å². The lowest BCUT2D eigenvalue weighted by Gasteiger charge is -2.63. The number of rotatable bonds is 2. The van der Waals surface area contributed by atoms with Crippen LogP contribution in [0, 0.1) is 28.6 Å². The third kappa shape index (κ3) is 2.38. The number of hydrogen-bond acceptors (Lipinski definition) is 5. The molecule has 5 fully saturated rings. The first-order valence-electron chi connectivity index (χ1n) is 11.1. The van der Waals surface area contributed by atoms with E-state index in [1.165, 1.54) is 0 Å². The van der Waals surface area contributed by atoms with E-state index in [1.807, 2.05) is 0 Å². The van der Waals surface area contributed by atoms with Gasteiger partial charge >= 0.3 is 0 Å². The van der Waals surface area contributed by atoms with Crippen LogP contribution < -0.4 is 5.32 Å². The van der Waals surface area contributed by atoms with Crippen LogP contribution in [0.5, 0.6) is 0 Å². The number of aliphatic hydroxyl groups is 1. The second-order valence-corrected chi connectivity index (χ2v) is 10.6. The van der Waals surface area contributed by atoms with Gasteiger partial charge in [0.25, 0.3) is 0 Å². The number of nitrogens with zero attached hydrogens (tertiary/aromatic N) is 1.